The van der Waals surface area contributed by atoms with Gasteiger partial charge in [0.2, 0.25) is 0 Å². The number of amides is 4. The number of likely N-dealkylation sites (tertiary alicyclic amines) is 4. The molecule has 300 valence electrons. The molecule has 4 heterocycles. The van der Waals surface area contributed by atoms with Gasteiger partial charge in [0.1, 0.15) is 5.82 Å². The van der Waals surface area contributed by atoms with Gasteiger partial charge in [-0.2, -0.15) is 0 Å². The van der Waals surface area contributed by atoms with Gasteiger partial charge in [0.05, 0.1) is 13.2 Å². The molecule has 4 aliphatic rings. The Morgan fingerprint density at radius 2 is 1.16 bits per heavy atom. The van der Waals surface area contributed by atoms with E-state index in [0.717, 1.165) is 88.7 Å². The summed E-state index contributed by atoms with van der Waals surface area (Å²) in [6, 6.07) is 10.9. The highest BCUT2D eigenvalue weighted by molar-refractivity contribution is 5.96. The summed E-state index contributed by atoms with van der Waals surface area (Å²) in [6.45, 7) is 12.4. The van der Waals surface area contributed by atoms with Crippen molar-refractivity contribution in [2.45, 2.75) is 103 Å². The number of ether oxygens (including phenoxy) is 2. The van der Waals surface area contributed by atoms with Crippen LogP contribution in [0, 0.1) is 19.7 Å². The molecule has 0 aliphatic carbocycles. The summed E-state index contributed by atoms with van der Waals surface area (Å²) in [4.78, 5) is 59.8. The molecule has 0 aromatic heterocycles. The van der Waals surface area contributed by atoms with E-state index in [1.807, 2.05) is 32.0 Å². The molecule has 0 radical (unpaired) electrons. The molecule has 4 saturated heterocycles. The molecule has 0 bridgehead atoms. The van der Waals surface area contributed by atoms with Crippen LogP contribution in [0.15, 0.2) is 36.4 Å². The molecule has 0 unspecified atom stereocenters. The molecule has 2 N–H and O–H groups in total. The van der Waals surface area contributed by atoms with E-state index in [9.17, 15) is 23.6 Å². The summed E-state index contributed by atoms with van der Waals surface area (Å²) in [5.41, 5.74) is 3.70. The van der Waals surface area contributed by atoms with Gasteiger partial charge in [-0.15, -0.1) is 0 Å². The Kier molecular flexibility index (Phi) is 14.0. The van der Waals surface area contributed by atoms with Crippen molar-refractivity contribution >= 4 is 24.0 Å². The SMILES string of the molecule is CCOC(=O)N1CCC(N2CCC[C@@H](NC(=O)c3ccc(CCOC(=O)N4CCC(N5CCC[C@@H](NC(=O)c6ccc(F)cc6C)C5)CC4)cc3C)C2)CC1. The smallest absolute Gasteiger partial charge is 0.409 e. The van der Waals surface area contributed by atoms with Crippen molar-refractivity contribution in [2.24, 2.45) is 0 Å². The second-order valence-corrected chi connectivity index (χ2v) is 15.7. The van der Waals surface area contributed by atoms with Crippen molar-refractivity contribution < 1.29 is 33.0 Å². The van der Waals surface area contributed by atoms with Crippen molar-refractivity contribution in [2.75, 3.05) is 65.6 Å². The second kappa shape index (κ2) is 19.1. The van der Waals surface area contributed by atoms with Crippen LogP contribution in [0.4, 0.5) is 14.0 Å². The third-order valence-corrected chi connectivity index (χ3v) is 11.9. The Bertz CT molecular complexity index is 1660. The number of hydrogen-bond acceptors (Lipinski definition) is 8. The minimum absolute atomic E-state index is 0.0318. The third kappa shape index (κ3) is 10.8. The van der Waals surface area contributed by atoms with Gasteiger partial charge in [0, 0.05) is 81.0 Å². The van der Waals surface area contributed by atoms with Crippen LogP contribution in [0.3, 0.4) is 0 Å². The second-order valence-electron chi connectivity index (χ2n) is 15.7. The summed E-state index contributed by atoms with van der Waals surface area (Å²) < 4.78 is 24.4. The lowest BCUT2D eigenvalue weighted by atomic mass is 9.97. The summed E-state index contributed by atoms with van der Waals surface area (Å²) >= 11 is 0. The number of nitrogens with zero attached hydrogens (tertiary/aromatic N) is 4. The minimum Gasteiger partial charge on any atom is -0.450 e. The Balaban J connectivity index is 0.888. The number of carbonyl (C=O) groups excluding carboxylic acids is 4. The summed E-state index contributed by atoms with van der Waals surface area (Å²) in [5, 5.41) is 6.43. The first-order valence-corrected chi connectivity index (χ1v) is 20.4. The van der Waals surface area contributed by atoms with E-state index < -0.39 is 0 Å². The lowest BCUT2D eigenvalue weighted by Crippen LogP contribution is -2.54. The first-order chi connectivity index (χ1) is 26.6. The van der Waals surface area contributed by atoms with Gasteiger partial charge in [0.25, 0.3) is 11.8 Å². The van der Waals surface area contributed by atoms with Crippen LogP contribution < -0.4 is 10.6 Å². The van der Waals surface area contributed by atoms with Gasteiger partial charge in [-0.3, -0.25) is 19.4 Å². The van der Waals surface area contributed by atoms with Crippen LogP contribution in [0.1, 0.15) is 95.7 Å². The highest BCUT2D eigenvalue weighted by Crippen LogP contribution is 2.24. The zero-order valence-electron chi connectivity index (χ0n) is 32.8. The normalized spacial score (nSPS) is 21.9. The molecule has 0 spiro atoms. The minimum atomic E-state index is -0.345. The maximum atomic E-state index is 13.5. The number of benzene rings is 2. The number of carbonyl (C=O) groups is 4. The average Bonchev–Trinajstić information content (AvgIpc) is 3.18. The number of hydrogen-bond donors (Lipinski definition) is 2. The van der Waals surface area contributed by atoms with E-state index in [0.29, 0.717) is 68.0 Å². The number of nitrogens with one attached hydrogen (secondary N) is 2. The van der Waals surface area contributed by atoms with Crippen molar-refractivity contribution in [1.82, 2.24) is 30.2 Å². The Morgan fingerprint density at radius 3 is 1.65 bits per heavy atom. The molecular weight excluding hydrogens is 703 g/mol. The molecule has 4 fully saturated rings. The van der Waals surface area contributed by atoms with Gasteiger partial charge >= 0.3 is 12.2 Å². The molecule has 13 heteroatoms. The highest BCUT2D eigenvalue weighted by Gasteiger charge is 2.33. The van der Waals surface area contributed by atoms with Crippen LogP contribution in [0.2, 0.25) is 0 Å². The number of piperidine rings is 4. The topological polar surface area (TPSA) is 124 Å². The Morgan fingerprint density at radius 1 is 0.673 bits per heavy atom. The van der Waals surface area contributed by atoms with Gasteiger partial charge in [-0.1, -0.05) is 12.1 Å². The molecule has 6 rings (SSSR count). The molecule has 2 atom stereocenters. The molecule has 12 nitrogen and oxygen atoms in total. The van der Waals surface area contributed by atoms with Crippen LogP contribution in [-0.2, 0) is 15.9 Å². The molecule has 4 amide bonds. The fraction of sp³-hybridized carbons (Fsp3) is 0.619. The molecule has 4 aliphatic heterocycles. The number of rotatable bonds is 10. The van der Waals surface area contributed by atoms with Crippen LogP contribution in [0.25, 0.3) is 0 Å². The van der Waals surface area contributed by atoms with Crippen molar-refractivity contribution in [3.63, 3.8) is 0 Å². The standard InChI is InChI=1S/C42H59FN6O6/c1-4-54-41(52)46-20-13-35(14-21-46)48-18-5-7-33(27-48)44-39(50)37-11-9-31(25-29(37)2)17-24-55-42(53)47-22-15-36(16-23-47)49-19-6-8-34(28-49)45-40(51)38-12-10-32(43)26-30(38)3/h9-12,25-26,33-36H,4-8,13-24,27-28H2,1-3H3,(H,44,50)(H,45,51)/t33-,34-/m1/s1. The predicted molar refractivity (Wildman–Crippen MR) is 208 cm³/mol. The van der Waals surface area contributed by atoms with Gasteiger partial charge in [-0.25, -0.2) is 14.0 Å². The zero-order valence-corrected chi connectivity index (χ0v) is 32.8. The average molecular weight is 763 g/mol. The van der Waals surface area contributed by atoms with Crippen LogP contribution in [-0.4, -0.2) is 133 Å². The van der Waals surface area contributed by atoms with E-state index in [4.69, 9.17) is 9.47 Å². The van der Waals surface area contributed by atoms with Crippen LogP contribution >= 0.6 is 0 Å². The number of aryl methyl sites for hydroxylation is 2. The maximum absolute atomic E-state index is 13.5. The van der Waals surface area contributed by atoms with Crippen molar-refractivity contribution in [1.29, 1.82) is 0 Å². The fourth-order valence-corrected chi connectivity index (χ4v) is 8.85. The third-order valence-electron chi connectivity index (χ3n) is 11.9. The molecule has 2 aromatic carbocycles. The molecular formula is C42H59FN6O6. The summed E-state index contributed by atoms with van der Waals surface area (Å²) in [7, 11) is 0. The van der Waals surface area contributed by atoms with Gasteiger partial charge in [0.15, 0.2) is 0 Å². The quantitative estimate of drug-likeness (QED) is 0.335. The van der Waals surface area contributed by atoms with E-state index in [1.54, 1.807) is 22.8 Å². The lowest BCUT2D eigenvalue weighted by Gasteiger charge is -2.42. The number of halogens is 1. The monoisotopic (exact) mass is 762 g/mol. The highest BCUT2D eigenvalue weighted by atomic mass is 19.1. The van der Waals surface area contributed by atoms with Crippen molar-refractivity contribution in [3.8, 4) is 0 Å². The van der Waals surface area contributed by atoms with E-state index in [2.05, 4.69) is 20.4 Å². The molecule has 55 heavy (non-hydrogen) atoms. The summed E-state index contributed by atoms with van der Waals surface area (Å²) in [6.07, 6.45) is 7.44. The van der Waals surface area contributed by atoms with E-state index in [-0.39, 0.29) is 48.5 Å². The maximum Gasteiger partial charge on any atom is 0.409 e. The lowest BCUT2D eigenvalue weighted by molar-refractivity contribution is 0.0588. The van der Waals surface area contributed by atoms with Crippen molar-refractivity contribution in [3.05, 3.63) is 70.0 Å². The zero-order chi connectivity index (χ0) is 38.9. The first kappa shape index (κ1) is 40.4. The predicted octanol–water partition coefficient (Wildman–Crippen LogP) is 5.30. The van der Waals surface area contributed by atoms with Gasteiger partial charge in [-0.05, 0) is 126 Å². The van der Waals surface area contributed by atoms with Gasteiger partial charge < -0.3 is 29.9 Å². The summed E-state index contributed by atoms with van der Waals surface area (Å²) in [5.74, 6) is -0.571. The molecule has 2 aromatic rings. The van der Waals surface area contributed by atoms with E-state index in [1.165, 1.54) is 12.1 Å². The van der Waals surface area contributed by atoms with Crippen LogP contribution in [0.5, 0.6) is 0 Å². The first-order valence-electron chi connectivity index (χ1n) is 20.4. The Hall–Kier alpha value is -4.23. The fourth-order valence-electron chi connectivity index (χ4n) is 8.85. The largest absolute Gasteiger partial charge is 0.450 e. The molecule has 0 saturated carbocycles. The Labute approximate surface area is 325 Å². The van der Waals surface area contributed by atoms with E-state index >= 15 is 0 Å².